The van der Waals surface area contributed by atoms with Gasteiger partial charge in [0.2, 0.25) is 10.0 Å². The maximum Gasteiger partial charge on any atom is 0.213 e. The van der Waals surface area contributed by atoms with Crippen molar-refractivity contribution in [1.82, 2.24) is 14.6 Å². The minimum Gasteiger partial charge on any atom is -0.490 e. The Kier molecular flexibility index (Phi) is 7.87. The van der Waals surface area contributed by atoms with E-state index >= 15 is 0 Å². The lowest BCUT2D eigenvalue weighted by Gasteiger charge is -2.18. The van der Waals surface area contributed by atoms with Crippen LogP contribution in [0.1, 0.15) is 56.3 Å². The van der Waals surface area contributed by atoms with Gasteiger partial charge >= 0.3 is 0 Å². The van der Waals surface area contributed by atoms with E-state index in [0.29, 0.717) is 23.8 Å². The van der Waals surface area contributed by atoms with Crippen LogP contribution >= 0.6 is 11.3 Å². The topological polar surface area (TPSA) is 95.3 Å². The predicted octanol–water partition coefficient (Wildman–Crippen LogP) is 5.38. The number of benzene rings is 2. The molecule has 0 bridgehead atoms. The molecule has 0 spiro atoms. The SMILES string of the molecule is CC(C)Oc1ccc(-c2ncc(-c3cccc4c3CC[C@@H]4NS(=O)(=O)CCN3CC[C@@H](C)C3)s2)cc1C#N. The molecule has 2 atom stereocenters. The van der Waals surface area contributed by atoms with Gasteiger partial charge in [0, 0.05) is 30.9 Å². The van der Waals surface area contributed by atoms with Gasteiger partial charge < -0.3 is 9.64 Å². The summed E-state index contributed by atoms with van der Waals surface area (Å²) in [5, 5.41) is 10.4. The molecule has 200 valence electrons. The second-order valence-electron chi connectivity index (χ2n) is 10.6. The average molecular weight is 551 g/mol. The third-order valence-corrected chi connectivity index (χ3v) is 9.70. The lowest BCUT2D eigenvalue weighted by Crippen LogP contribution is -2.35. The molecular weight excluding hydrogens is 516 g/mol. The Morgan fingerprint density at radius 1 is 1.26 bits per heavy atom. The van der Waals surface area contributed by atoms with Gasteiger partial charge in [0.1, 0.15) is 16.8 Å². The van der Waals surface area contributed by atoms with Gasteiger partial charge in [-0.15, -0.1) is 11.3 Å². The molecular formula is C29H34N4O3S2. The van der Waals surface area contributed by atoms with Crippen molar-refractivity contribution in [3.63, 3.8) is 0 Å². The van der Waals surface area contributed by atoms with E-state index in [1.165, 1.54) is 5.56 Å². The monoisotopic (exact) mass is 550 g/mol. The lowest BCUT2D eigenvalue weighted by atomic mass is 10.0. The molecule has 2 aromatic carbocycles. The molecule has 7 nitrogen and oxygen atoms in total. The highest BCUT2D eigenvalue weighted by atomic mass is 32.2. The minimum absolute atomic E-state index is 0.0122. The number of fused-ring (bicyclic) bond motifs is 1. The van der Waals surface area contributed by atoms with Crippen molar-refractivity contribution in [2.24, 2.45) is 5.92 Å². The summed E-state index contributed by atoms with van der Waals surface area (Å²) in [7, 11) is -3.38. The average Bonchev–Trinajstić information content (AvgIpc) is 3.63. The number of sulfonamides is 1. The molecule has 1 fully saturated rings. The summed E-state index contributed by atoms with van der Waals surface area (Å²) in [4.78, 5) is 7.93. The van der Waals surface area contributed by atoms with Gasteiger partial charge in [-0.3, -0.25) is 0 Å². The molecule has 1 saturated heterocycles. The minimum atomic E-state index is -3.38. The summed E-state index contributed by atoms with van der Waals surface area (Å²) in [6.45, 7) is 8.64. The number of hydrogen-bond acceptors (Lipinski definition) is 7. The molecule has 0 saturated carbocycles. The number of rotatable bonds is 9. The van der Waals surface area contributed by atoms with E-state index in [-0.39, 0.29) is 17.9 Å². The molecule has 1 N–H and O–H groups in total. The van der Waals surface area contributed by atoms with Crippen molar-refractivity contribution in [2.75, 3.05) is 25.4 Å². The number of ether oxygens (including phenoxy) is 1. The predicted molar refractivity (Wildman–Crippen MR) is 152 cm³/mol. The second kappa shape index (κ2) is 11.1. The van der Waals surface area contributed by atoms with E-state index in [1.54, 1.807) is 11.3 Å². The van der Waals surface area contributed by atoms with Gasteiger partial charge in [-0.2, -0.15) is 5.26 Å². The van der Waals surface area contributed by atoms with E-state index in [2.05, 4.69) is 33.7 Å². The largest absolute Gasteiger partial charge is 0.490 e. The van der Waals surface area contributed by atoms with E-state index in [4.69, 9.17) is 4.74 Å². The van der Waals surface area contributed by atoms with Crippen LogP contribution in [0.5, 0.6) is 5.75 Å². The maximum atomic E-state index is 12.9. The smallest absolute Gasteiger partial charge is 0.213 e. The summed E-state index contributed by atoms with van der Waals surface area (Å²) in [6.07, 6.45) is 4.56. The fourth-order valence-corrected chi connectivity index (χ4v) is 7.66. The molecule has 1 aromatic heterocycles. The van der Waals surface area contributed by atoms with Crippen LogP contribution in [0.3, 0.4) is 0 Å². The Hall–Kier alpha value is -2.77. The van der Waals surface area contributed by atoms with Crippen molar-refractivity contribution in [1.29, 1.82) is 5.26 Å². The van der Waals surface area contributed by atoms with E-state index < -0.39 is 10.0 Å². The van der Waals surface area contributed by atoms with E-state index in [0.717, 1.165) is 58.9 Å². The normalized spacial score (nSPS) is 19.6. The van der Waals surface area contributed by atoms with Crippen LogP contribution in [-0.4, -0.2) is 49.8 Å². The van der Waals surface area contributed by atoms with Gasteiger partial charge in [0.25, 0.3) is 0 Å². The Labute approximate surface area is 229 Å². The van der Waals surface area contributed by atoms with Gasteiger partial charge in [0.05, 0.1) is 22.3 Å². The van der Waals surface area contributed by atoms with Crippen molar-refractivity contribution in [3.05, 3.63) is 59.3 Å². The zero-order valence-electron chi connectivity index (χ0n) is 22.1. The third-order valence-electron chi connectivity index (χ3n) is 7.26. The molecule has 1 aliphatic carbocycles. The zero-order chi connectivity index (χ0) is 26.9. The Morgan fingerprint density at radius 3 is 2.84 bits per heavy atom. The Morgan fingerprint density at radius 2 is 2.11 bits per heavy atom. The fraction of sp³-hybridized carbons (Fsp3) is 0.448. The first-order valence-corrected chi connectivity index (χ1v) is 15.7. The molecule has 2 aliphatic rings. The van der Waals surface area contributed by atoms with Crippen molar-refractivity contribution in [3.8, 4) is 32.8 Å². The molecule has 1 aliphatic heterocycles. The molecule has 5 rings (SSSR count). The van der Waals surface area contributed by atoms with Gasteiger partial charge in [-0.05, 0) is 80.5 Å². The summed E-state index contributed by atoms with van der Waals surface area (Å²) in [5.74, 6) is 1.35. The summed E-state index contributed by atoms with van der Waals surface area (Å²) in [6, 6.07) is 13.7. The van der Waals surface area contributed by atoms with Crippen LogP contribution in [0, 0.1) is 17.2 Å². The highest BCUT2D eigenvalue weighted by Crippen LogP contribution is 2.41. The first-order valence-electron chi connectivity index (χ1n) is 13.2. The Bertz CT molecular complexity index is 1460. The van der Waals surface area contributed by atoms with Crippen LogP contribution in [0.2, 0.25) is 0 Å². The number of nitriles is 1. The molecule has 0 unspecified atom stereocenters. The van der Waals surface area contributed by atoms with Crippen LogP contribution in [-0.2, 0) is 16.4 Å². The molecule has 0 amide bonds. The summed E-state index contributed by atoms with van der Waals surface area (Å²) < 4.78 is 34.5. The molecule has 0 radical (unpaired) electrons. The maximum absolute atomic E-state index is 12.9. The van der Waals surface area contributed by atoms with Crippen LogP contribution in [0.15, 0.2) is 42.6 Å². The third kappa shape index (κ3) is 5.94. The molecule has 3 aromatic rings. The lowest BCUT2D eigenvalue weighted by molar-refractivity contribution is 0.242. The first kappa shape index (κ1) is 26.8. The number of likely N-dealkylation sites (tertiary alicyclic amines) is 1. The van der Waals surface area contributed by atoms with Crippen LogP contribution < -0.4 is 9.46 Å². The van der Waals surface area contributed by atoms with Crippen molar-refractivity contribution >= 4 is 21.4 Å². The quantitative estimate of drug-likeness (QED) is 0.384. The second-order valence-corrected chi connectivity index (χ2v) is 13.5. The summed E-state index contributed by atoms with van der Waals surface area (Å²) >= 11 is 1.58. The fourth-order valence-electron chi connectivity index (χ4n) is 5.40. The van der Waals surface area contributed by atoms with Crippen molar-refractivity contribution < 1.29 is 13.2 Å². The zero-order valence-corrected chi connectivity index (χ0v) is 23.7. The number of thiazole rings is 1. The van der Waals surface area contributed by atoms with Crippen LogP contribution in [0.25, 0.3) is 21.0 Å². The summed E-state index contributed by atoms with van der Waals surface area (Å²) in [5.41, 5.74) is 4.70. The number of nitrogens with one attached hydrogen (secondary N) is 1. The van der Waals surface area contributed by atoms with Gasteiger partial charge in [-0.1, -0.05) is 25.1 Å². The van der Waals surface area contributed by atoms with Crippen molar-refractivity contribution in [2.45, 2.75) is 52.2 Å². The number of aromatic nitrogens is 1. The van der Waals surface area contributed by atoms with E-state index in [1.807, 2.05) is 50.4 Å². The van der Waals surface area contributed by atoms with Crippen LogP contribution in [0.4, 0.5) is 0 Å². The number of hydrogen-bond donors (Lipinski definition) is 1. The standard InChI is InChI=1S/C29H34N4O3S2/c1-19(2)36-27-10-7-21(15-22(27)16-30)29-31-17-28(37-29)25-6-4-5-24-23(25)8-9-26(24)32-38(34,35)14-13-33-12-11-20(3)18-33/h4-7,10,15,17,19-20,26,32H,8-9,11-14,18H2,1-3H3/t20-,26+/m1/s1. The highest BCUT2D eigenvalue weighted by molar-refractivity contribution is 7.89. The molecule has 9 heteroatoms. The van der Waals surface area contributed by atoms with Gasteiger partial charge in [0.15, 0.2) is 0 Å². The number of nitrogens with zero attached hydrogens (tertiary/aromatic N) is 3. The molecule has 2 heterocycles. The Balaban J connectivity index is 1.32. The highest BCUT2D eigenvalue weighted by Gasteiger charge is 2.29. The molecule has 38 heavy (non-hydrogen) atoms. The van der Waals surface area contributed by atoms with Gasteiger partial charge in [-0.25, -0.2) is 18.1 Å². The first-order chi connectivity index (χ1) is 18.2. The van der Waals surface area contributed by atoms with E-state index in [9.17, 15) is 13.7 Å².